The number of benzene rings is 2. The lowest BCUT2D eigenvalue weighted by molar-refractivity contribution is 0.266. The molecule has 0 saturated heterocycles. The van der Waals surface area contributed by atoms with Crippen molar-refractivity contribution in [3.05, 3.63) is 66.4 Å². The summed E-state index contributed by atoms with van der Waals surface area (Å²) in [6.07, 6.45) is 2.88. The van der Waals surface area contributed by atoms with Crippen molar-refractivity contribution < 1.29 is 4.74 Å². The molecular weight excluding hydrogens is 322 g/mol. The van der Waals surface area contributed by atoms with Gasteiger partial charge >= 0.3 is 0 Å². The van der Waals surface area contributed by atoms with Gasteiger partial charge in [-0.05, 0) is 38.1 Å². The van der Waals surface area contributed by atoms with Crippen LogP contribution in [0.4, 0.5) is 5.69 Å². The van der Waals surface area contributed by atoms with Crippen LogP contribution in [0, 0.1) is 0 Å². The average molecular weight is 349 g/mol. The third-order valence-corrected chi connectivity index (χ3v) is 4.82. The molecule has 4 heteroatoms. The number of rotatable bonds is 8. The Morgan fingerprint density at radius 1 is 1.12 bits per heavy atom. The summed E-state index contributed by atoms with van der Waals surface area (Å²) in [4.78, 5) is 6.90. The Morgan fingerprint density at radius 2 is 1.92 bits per heavy atom. The molecule has 4 nitrogen and oxygen atoms in total. The summed E-state index contributed by atoms with van der Waals surface area (Å²) < 4.78 is 5.42. The zero-order valence-corrected chi connectivity index (χ0v) is 15.8. The van der Waals surface area contributed by atoms with E-state index in [2.05, 4.69) is 65.6 Å². The molecule has 1 heterocycles. The van der Waals surface area contributed by atoms with Gasteiger partial charge in [0, 0.05) is 36.8 Å². The molecule has 1 N–H and O–H groups in total. The van der Waals surface area contributed by atoms with Crippen molar-refractivity contribution in [1.29, 1.82) is 0 Å². The summed E-state index contributed by atoms with van der Waals surface area (Å²) in [7, 11) is 3.87. The summed E-state index contributed by atoms with van der Waals surface area (Å²) in [6.45, 7) is 4.09. The number of nitrogens with one attached hydrogen (secondary N) is 1. The SMILES string of the molecule is COc1cc(NCCN(C)C(C)Cc2ccccc2)c2ncccc2c1. The molecule has 26 heavy (non-hydrogen) atoms. The Morgan fingerprint density at radius 3 is 2.69 bits per heavy atom. The number of hydrogen-bond acceptors (Lipinski definition) is 4. The van der Waals surface area contributed by atoms with Gasteiger partial charge in [-0.2, -0.15) is 0 Å². The molecule has 1 aromatic heterocycles. The fourth-order valence-electron chi connectivity index (χ4n) is 3.12. The van der Waals surface area contributed by atoms with E-state index in [9.17, 15) is 0 Å². The van der Waals surface area contributed by atoms with Gasteiger partial charge in [-0.25, -0.2) is 0 Å². The minimum atomic E-state index is 0.486. The summed E-state index contributed by atoms with van der Waals surface area (Å²) in [5, 5.41) is 4.61. The molecule has 0 aliphatic heterocycles. The Bertz CT molecular complexity index is 835. The Balaban J connectivity index is 1.60. The monoisotopic (exact) mass is 349 g/mol. The van der Waals surface area contributed by atoms with Crippen LogP contribution in [-0.2, 0) is 6.42 Å². The van der Waals surface area contributed by atoms with Crippen LogP contribution in [0.3, 0.4) is 0 Å². The predicted molar refractivity (Wildman–Crippen MR) is 109 cm³/mol. The Hall–Kier alpha value is -2.59. The molecule has 0 spiro atoms. The Labute approximate surface area is 155 Å². The second-order valence-electron chi connectivity index (χ2n) is 6.70. The van der Waals surface area contributed by atoms with Gasteiger partial charge in [-0.3, -0.25) is 4.98 Å². The minimum Gasteiger partial charge on any atom is -0.497 e. The van der Waals surface area contributed by atoms with Crippen molar-refractivity contribution >= 4 is 16.6 Å². The zero-order valence-electron chi connectivity index (χ0n) is 15.8. The van der Waals surface area contributed by atoms with Crippen LogP contribution in [0.25, 0.3) is 10.9 Å². The van der Waals surface area contributed by atoms with Crippen LogP contribution >= 0.6 is 0 Å². The molecule has 0 bridgehead atoms. The van der Waals surface area contributed by atoms with Gasteiger partial charge in [0.2, 0.25) is 0 Å². The van der Waals surface area contributed by atoms with E-state index < -0.39 is 0 Å². The number of likely N-dealkylation sites (N-methyl/N-ethyl adjacent to an activating group) is 1. The van der Waals surface area contributed by atoms with Gasteiger partial charge in [0.15, 0.2) is 0 Å². The lowest BCUT2D eigenvalue weighted by atomic mass is 10.1. The van der Waals surface area contributed by atoms with Gasteiger partial charge in [-0.15, -0.1) is 0 Å². The number of pyridine rings is 1. The molecule has 136 valence electrons. The third-order valence-electron chi connectivity index (χ3n) is 4.82. The normalized spacial score (nSPS) is 12.3. The number of fused-ring (bicyclic) bond motifs is 1. The fourth-order valence-corrected chi connectivity index (χ4v) is 3.12. The molecule has 1 unspecified atom stereocenters. The van der Waals surface area contributed by atoms with E-state index in [0.29, 0.717) is 6.04 Å². The van der Waals surface area contributed by atoms with E-state index in [1.165, 1.54) is 5.56 Å². The van der Waals surface area contributed by atoms with E-state index in [-0.39, 0.29) is 0 Å². The molecule has 3 rings (SSSR count). The summed E-state index contributed by atoms with van der Waals surface area (Å²) in [6, 6.07) is 19.2. The molecule has 0 aliphatic carbocycles. The van der Waals surface area contributed by atoms with Crippen molar-refractivity contribution in [3.63, 3.8) is 0 Å². The number of anilines is 1. The quantitative estimate of drug-likeness (QED) is 0.661. The van der Waals surface area contributed by atoms with Gasteiger partial charge < -0.3 is 15.0 Å². The van der Waals surface area contributed by atoms with Crippen molar-refractivity contribution in [1.82, 2.24) is 9.88 Å². The van der Waals surface area contributed by atoms with Crippen LogP contribution in [0.5, 0.6) is 5.75 Å². The molecule has 3 aromatic rings. The van der Waals surface area contributed by atoms with Crippen molar-refractivity contribution in [2.24, 2.45) is 0 Å². The highest BCUT2D eigenvalue weighted by Gasteiger charge is 2.10. The first kappa shape index (κ1) is 18.2. The standard InChI is InChI=1S/C22H27N3O/c1-17(14-18-8-5-4-6-9-18)25(2)13-12-23-21-16-20(26-3)15-19-10-7-11-24-22(19)21/h4-11,15-17,23H,12-14H2,1-3H3. The number of aromatic nitrogens is 1. The van der Waals surface area contributed by atoms with Crippen LogP contribution in [0.2, 0.25) is 0 Å². The van der Waals surface area contributed by atoms with Crippen LogP contribution < -0.4 is 10.1 Å². The smallest absolute Gasteiger partial charge is 0.121 e. The first-order valence-electron chi connectivity index (χ1n) is 9.08. The average Bonchev–Trinajstić information content (AvgIpc) is 2.68. The van der Waals surface area contributed by atoms with E-state index in [4.69, 9.17) is 4.74 Å². The first-order chi connectivity index (χ1) is 12.7. The number of nitrogens with zero attached hydrogens (tertiary/aromatic N) is 2. The van der Waals surface area contributed by atoms with E-state index in [0.717, 1.165) is 41.9 Å². The van der Waals surface area contributed by atoms with Gasteiger partial charge in [-0.1, -0.05) is 36.4 Å². The molecule has 1 atom stereocenters. The largest absolute Gasteiger partial charge is 0.497 e. The molecular formula is C22H27N3O. The molecule has 0 saturated carbocycles. The second-order valence-corrected chi connectivity index (χ2v) is 6.70. The third kappa shape index (κ3) is 4.52. The number of ether oxygens (including phenoxy) is 1. The maximum atomic E-state index is 5.42. The summed E-state index contributed by atoms with van der Waals surface area (Å²) >= 11 is 0. The van der Waals surface area contributed by atoms with Crippen LogP contribution in [-0.4, -0.2) is 43.2 Å². The highest BCUT2D eigenvalue weighted by molar-refractivity contribution is 5.91. The number of hydrogen-bond donors (Lipinski definition) is 1. The van der Waals surface area contributed by atoms with E-state index >= 15 is 0 Å². The predicted octanol–water partition coefficient (Wildman–Crippen LogP) is 4.22. The first-order valence-corrected chi connectivity index (χ1v) is 9.08. The molecule has 0 fully saturated rings. The summed E-state index contributed by atoms with van der Waals surface area (Å²) in [5.41, 5.74) is 3.38. The van der Waals surface area contributed by atoms with E-state index in [1.54, 1.807) is 7.11 Å². The molecule has 0 amide bonds. The molecule has 0 radical (unpaired) electrons. The maximum Gasteiger partial charge on any atom is 0.121 e. The lowest BCUT2D eigenvalue weighted by Gasteiger charge is -2.25. The number of methoxy groups -OCH3 is 1. The van der Waals surface area contributed by atoms with Gasteiger partial charge in [0.1, 0.15) is 5.75 Å². The minimum absolute atomic E-state index is 0.486. The van der Waals surface area contributed by atoms with E-state index in [1.807, 2.05) is 24.4 Å². The van der Waals surface area contributed by atoms with Crippen molar-refractivity contribution in [3.8, 4) is 5.75 Å². The topological polar surface area (TPSA) is 37.4 Å². The Kier molecular flexibility index (Phi) is 6.08. The van der Waals surface area contributed by atoms with Crippen molar-refractivity contribution in [2.75, 3.05) is 32.6 Å². The second kappa shape index (κ2) is 8.68. The van der Waals surface area contributed by atoms with Gasteiger partial charge in [0.05, 0.1) is 18.3 Å². The van der Waals surface area contributed by atoms with Crippen LogP contribution in [0.1, 0.15) is 12.5 Å². The highest BCUT2D eigenvalue weighted by atomic mass is 16.5. The molecule has 2 aromatic carbocycles. The van der Waals surface area contributed by atoms with Crippen LogP contribution in [0.15, 0.2) is 60.8 Å². The lowest BCUT2D eigenvalue weighted by Crippen LogP contribution is -2.34. The molecule has 0 aliphatic rings. The summed E-state index contributed by atoms with van der Waals surface area (Å²) in [5.74, 6) is 0.846. The van der Waals surface area contributed by atoms with Crippen molar-refractivity contribution in [2.45, 2.75) is 19.4 Å². The maximum absolute atomic E-state index is 5.42. The fraction of sp³-hybridized carbons (Fsp3) is 0.318. The zero-order chi connectivity index (χ0) is 18.4. The van der Waals surface area contributed by atoms with Gasteiger partial charge in [0.25, 0.3) is 0 Å². The highest BCUT2D eigenvalue weighted by Crippen LogP contribution is 2.27.